The summed E-state index contributed by atoms with van der Waals surface area (Å²) in [5.74, 6) is 0.676. The molecule has 1 aliphatic rings. The van der Waals surface area contributed by atoms with Gasteiger partial charge in [0.1, 0.15) is 11.5 Å². The topological polar surface area (TPSA) is 84.9 Å². The van der Waals surface area contributed by atoms with Crippen molar-refractivity contribution in [2.75, 3.05) is 27.3 Å². The fourth-order valence-corrected chi connectivity index (χ4v) is 5.18. The smallest absolute Gasteiger partial charge is 0.243 e. The van der Waals surface area contributed by atoms with Crippen LogP contribution in [0.15, 0.2) is 47.4 Å². The summed E-state index contributed by atoms with van der Waals surface area (Å²) >= 11 is 0. The maximum Gasteiger partial charge on any atom is 0.243 e. The second-order valence-corrected chi connectivity index (χ2v) is 9.31. The van der Waals surface area contributed by atoms with E-state index in [1.165, 1.54) is 4.31 Å². The number of hydrogen-bond acceptors (Lipinski definition) is 5. The summed E-state index contributed by atoms with van der Waals surface area (Å²) < 4.78 is 38.1. The summed E-state index contributed by atoms with van der Waals surface area (Å²) in [6.45, 7) is 2.74. The van der Waals surface area contributed by atoms with Gasteiger partial charge in [-0.3, -0.25) is 4.79 Å². The van der Waals surface area contributed by atoms with Gasteiger partial charge in [0.25, 0.3) is 0 Å². The third-order valence-corrected chi connectivity index (χ3v) is 7.26. The van der Waals surface area contributed by atoms with Crippen molar-refractivity contribution in [3.05, 3.63) is 53.6 Å². The average molecular weight is 433 g/mol. The number of piperidine rings is 1. The molecule has 0 aliphatic carbocycles. The van der Waals surface area contributed by atoms with Crippen LogP contribution in [-0.4, -0.2) is 45.9 Å². The molecule has 1 heterocycles. The van der Waals surface area contributed by atoms with Crippen molar-refractivity contribution >= 4 is 15.9 Å². The first-order valence-corrected chi connectivity index (χ1v) is 11.3. The van der Waals surface area contributed by atoms with E-state index in [4.69, 9.17) is 9.47 Å². The van der Waals surface area contributed by atoms with Crippen LogP contribution in [0.5, 0.6) is 11.5 Å². The fourth-order valence-electron chi connectivity index (χ4n) is 3.66. The molecule has 1 amide bonds. The van der Waals surface area contributed by atoms with Crippen LogP contribution >= 0.6 is 0 Å². The molecule has 8 heteroatoms. The summed E-state index contributed by atoms with van der Waals surface area (Å²) in [5.41, 5.74) is 1.74. The minimum absolute atomic E-state index is 0.172. The maximum atomic E-state index is 13.0. The summed E-state index contributed by atoms with van der Waals surface area (Å²) in [7, 11) is -0.491. The van der Waals surface area contributed by atoms with Crippen molar-refractivity contribution in [2.45, 2.75) is 31.2 Å². The van der Waals surface area contributed by atoms with Crippen molar-refractivity contribution in [3.8, 4) is 11.5 Å². The number of nitrogens with one attached hydrogen (secondary N) is 1. The zero-order chi connectivity index (χ0) is 21.7. The molecule has 1 fully saturated rings. The second-order valence-electron chi connectivity index (χ2n) is 7.37. The number of hydrogen-bond donors (Lipinski definition) is 1. The van der Waals surface area contributed by atoms with Gasteiger partial charge in [0.15, 0.2) is 0 Å². The van der Waals surface area contributed by atoms with Gasteiger partial charge in [0.05, 0.1) is 37.1 Å². The molecular weight excluding hydrogens is 404 g/mol. The molecule has 162 valence electrons. The number of sulfonamides is 1. The third-order valence-electron chi connectivity index (χ3n) is 5.38. The quantitative estimate of drug-likeness (QED) is 0.727. The predicted molar refractivity (Wildman–Crippen MR) is 114 cm³/mol. The number of rotatable bonds is 7. The molecule has 30 heavy (non-hydrogen) atoms. The Kier molecular flexibility index (Phi) is 6.99. The Morgan fingerprint density at radius 3 is 2.33 bits per heavy atom. The Bertz CT molecular complexity index is 967. The highest BCUT2D eigenvalue weighted by molar-refractivity contribution is 7.89. The molecule has 0 saturated carbocycles. The van der Waals surface area contributed by atoms with Gasteiger partial charge in [0, 0.05) is 13.1 Å². The Morgan fingerprint density at radius 1 is 1.10 bits per heavy atom. The molecule has 1 N–H and O–H groups in total. The molecule has 2 aromatic carbocycles. The van der Waals surface area contributed by atoms with Gasteiger partial charge in [-0.2, -0.15) is 4.31 Å². The molecule has 3 rings (SSSR count). The first-order valence-electron chi connectivity index (χ1n) is 9.91. The van der Waals surface area contributed by atoms with E-state index in [0.29, 0.717) is 30.9 Å². The number of carbonyl (C=O) groups excluding carboxylic acids is 1. The van der Waals surface area contributed by atoms with E-state index in [1.807, 2.05) is 13.0 Å². The molecule has 1 atom stereocenters. The van der Waals surface area contributed by atoms with Crippen LogP contribution in [-0.2, 0) is 21.4 Å². The number of aryl methyl sites for hydroxylation is 1. The number of ether oxygens (including phenoxy) is 2. The molecule has 7 nitrogen and oxygen atoms in total. The summed E-state index contributed by atoms with van der Waals surface area (Å²) in [5, 5.41) is 2.92. The second kappa shape index (κ2) is 9.49. The van der Waals surface area contributed by atoms with Gasteiger partial charge >= 0.3 is 0 Å². The monoisotopic (exact) mass is 432 g/mol. The Balaban J connectivity index is 1.69. The largest absolute Gasteiger partial charge is 0.496 e. The van der Waals surface area contributed by atoms with E-state index < -0.39 is 15.9 Å². The number of methoxy groups -OCH3 is 2. The lowest BCUT2D eigenvalue weighted by Gasteiger charge is -2.31. The Labute approximate surface area is 178 Å². The Morgan fingerprint density at radius 2 is 1.73 bits per heavy atom. The molecule has 0 unspecified atom stereocenters. The van der Waals surface area contributed by atoms with Crippen molar-refractivity contribution in [2.24, 2.45) is 5.92 Å². The van der Waals surface area contributed by atoms with Gasteiger partial charge in [-0.25, -0.2) is 8.42 Å². The molecule has 0 spiro atoms. The van der Waals surface area contributed by atoms with Crippen LogP contribution in [0.4, 0.5) is 0 Å². The molecular formula is C22H28N2O5S. The van der Waals surface area contributed by atoms with Crippen molar-refractivity contribution < 1.29 is 22.7 Å². The normalized spacial score (nSPS) is 17.4. The summed E-state index contributed by atoms with van der Waals surface area (Å²) in [4.78, 5) is 13.1. The van der Waals surface area contributed by atoms with E-state index in [2.05, 4.69) is 5.32 Å². The zero-order valence-corrected chi connectivity index (χ0v) is 18.4. The van der Waals surface area contributed by atoms with Gasteiger partial charge in [-0.15, -0.1) is 0 Å². The predicted octanol–water partition coefficient (Wildman–Crippen LogP) is 2.73. The van der Waals surface area contributed by atoms with E-state index >= 15 is 0 Å². The number of benzene rings is 2. The molecule has 1 aliphatic heterocycles. The van der Waals surface area contributed by atoms with Gasteiger partial charge < -0.3 is 14.8 Å². The standard InChI is InChI=1S/C22H28N2O5S/c1-16-9-11-18(12-10-16)30(26,27)24-13-5-6-17(15-24)22(25)23-14-19-20(28-2)7-4-8-21(19)29-3/h4,7-12,17H,5-6,13-15H2,1-3H3,(H,23,25)/t17-/m0/s1. The van der Waals surface area contributed by atoms with Crippen LogP contribution in [0.25, 0.3) is 0 Å². The van der Waals surface area contributed by atoms with Gasteiger partial charge in [-0.1, -0.05) is 23.8 Å². The number of nitrogens with zero attached hydrogens (tertiary/aromatic N) is 1. The minimum Gasteiger partial charge on any atom is -0.496 e. The lowest BCUT2D eigenvalue weighted by atomic mass is 9.98. The maximum absolute atomic E-state index is 13.0. The van der Waals surface area contributed by atoms with Crippen molar-refractivity contribution in [3.63, 3.8) is 0 Å². The lowest BCUT2D eigenvalue weighted by Crippen LogP contribution is -2.45. The minimum atomic E-state index is -3.62. The highest BCUT2D eigenvalue weighted by Crippen LogP contribution is 2.29. The van der Waals surface area contributed by atoms with Crippen molar-refractivity contribution in [1.29, 1.82) is 0 Å². The summed E-state index contributed by atoms with van der Waals surface area (Å²) in [6, 6.07) is 12.2. The van der Waals surface area contributed by atoms with Gasteiger partial charge in [-0.05, 0) is 44.0 Å². The molecule has 0 bridgehead atoms. The fraction of sp³-hybridized carbons (Fsp3) is 0.409. The van der Waals surface area contributed by atoms with E-state index in [1.54, 1.807) is 50.6 Å². The van der Waals surface area contributed by atoms with Crippen LogP contribution in [0.2, 0.25) is 0 Å². The average Bonchev–Trinajstić information content (AvgIpc) is 2.77. The summed E-state index contributed by atoms with van der Waals surface area (Å²) in [6.07, 6.45) is 1.29. The number of amides is 1. The Hall–Kier alpha value is -2.58. The molecule has 1 saturated heterocycles. The SMILES string of the molecule is COc1cccc(OC)c1CNC(=O)[C@H]1CCCN(S(=O)(=O)c2ccc(C)cc2)C1. The van der Waals surface area contributed by atoms with Gasteiger partial charge in [0.2, 0.25) is 15.9 Å². The lowest BCUT2D eigenvalue weighted by molar-refractivity contribution is -0.126. The third kappa shape index (κ3) is 4.76. The highest BCUT2D eigenvalue weighted by atomic mass is 32.2. The van der Waals surface area contributed by atoms with Crippen LogP contribution in [0.3, 0.4) is 0 Å². The van der Waals surface area contributed by atoms with E-state index in [9.17, 15) is 13.2 Å². The van der Waals surface area contributed by atoms with Crippen LogP contribution < -0.4 is 14.8 Å². The number of carbonyl (C=O) groups is 1. The van der Waals surface area contributed by atoms with Crippen LogP contribution in [0, 0.1) is 12.8 Å². The molecule has 0 radical (unpaired) electrons. The molecule has 2 aromatic rings. The van der Waals surface area contributed by atoms with E-state index in [0.717, 1.165) is 11.1 Å². The first kappa shape index (κ1) is 22.1. The zero-order valence-electron chi connectivity index (χ0n) is 17.6. The van der Waals surface area contributed by atoms with Crippen molar-refractivity contribution in [1.82, 2.24) is 9.62 Å². The molecule has 0 aromatic heterocycles. The highest BCUT2D eigenvalue weighted by Gasteiger charge is 2.33. The van der Waals surface area contributed by atoms with E-state index in [-0.39, 0.29) is 23.9 Å². The van der Waals surface area contributed by atoms with Crippen LogP contribution in [0.1, 0.15) is 24.0 Å². The first-order chi connectivity index (χ1) is 14.4.